The topological polar surface area (TPSA) is 26.0 Å². The second kappa shape index (κ2) is 6.57. The van der Waals surface area contributed by atoms with Crippen LogP contribution in [0.15, 0.2) is 59.5 Å². The first kappa shape index (κ1) is 13.1. The van der Waals surface area contributed by atoms with E-state index in [0.29, 0.717) is 6.42 Å². The van der Waals surface area contributed by atoms with Crippen molar-refractivity contribution in [2.45, 2.75) is 17.4 Å². The molecule has 0 spiro atoms. The lowest BCUT2D eigenvalue weighted by molar-refractivity contribution is 0.623. The lowest BCUT2D eigenvalue weighted by Crippen LogP contribution is -2.25. The zero-order valence-corrected chi connectivity index (χ0v) is 10.9. The summed E-state index contributed by atoms with van der Waals surface area (Å²) in [4.78, 5) is 1.21. The number of benzene rings is 2. The van der Waals surface area contributed by atoms with E-state index in [-0.39, 0.29) is 11.9 Å². The minimum Gasteiger partial charge on any atom is -0.327 e. The Morgan fingerprint density at radius 1 is 1.06 bits per heavy atom. The van der Waals surface area contributed by atoms with Gasteiger partial charge in [-0.05, 0) is 36.2 Å². The quantitative estimate of drug-likeness (QED) is 0.834. The molecule has 0 saturated heterocycles. The molecule has 3 heteroatoms. The van der Waals surface area contributed by atoms with Gasteiger partial charge in [0.05, 0.1) is 0 Å². The van der Waals surface area contributed by atoms with Crippen molar-refractivity contribution in [2.24, 2.45) is 5.73 Å². The maximum Gasteiger partial charge on any atom is 0.123 e. The van der Waals surface area contributed by atoms with Crippen LogP contribution in [0.25, 0.3) is 0 Å². The monoisotopic (exact) mass is 261 g/mol. The second-order valence-corrected chi connectivity index (χ2v) is 5.31. The van der Waals surface area contributed by atoms with Gasteiger partial charge in [0.15, 0.2) is 0 Å². The molecule has 1 unspecified atom stereocenters. The molecule has 2 N–H and O–H groups in total. The summed E-state index contributed by atoms with van der Waals surface area (Å²) >= 11 is 1.73. The first-order valence-corrected chi connectivity index (χ1v) is 6.90. The molecule has 0 bridgehead atoms. The standard InChI is InChI=1S/C15H16FNS/c16-13-6-4-5-12(9-13)10-14(17)11-18-15-7-2-1-3-8-15/h1-9,14H,10-11,17H2. The molecular formula is C15H16FNS. The van der Waals surface area contributed by atoms with E-state index in [1.165, 1.54) is 11.0 Å². The van der Waals surface area contributed by atoms with Gasteiger partial charge < -0.3 is 5.73 Å². The number of thioether (sulfide) groups is 1. The Morgan fingerprint density at radius 2 is 1.83 bits per heavy atom. The highest BCUT2D eigenvalue weighted by atomic mass is 32.2. The number of hydrogen-bond donors (Lipinski definition) is 1. The highest BCUT2D eigenvalue weighted by Crippen LogP contribution is 2.18. The maximum atomic E-state index is 13.0. The number of halogens is 1. The molecule has 0 amide bonds. The molecule has 0 aliphatic heterocycles. The number of hydrogen-bond acceptors (Lipinski definition) is 2. The summed E-state index contributed by atoms with van der Waals surface area (Å²) in [6, 6.07) is 16.8. The summed E-state index contributed by atoms with van der Waals surface area (Å²) < 4.78 is 13.0. The van der Waals surface area contributed by atoms with Gasteiger partial charge in [-0.3, -0.25) is 0 Å². The minimum absolute atomic E-state index is 0.0389. The first-order valence-electron chi connectivity index (χ1n) is 5.92. The van der Waals surface area contributed by atoms with E-state index in [9.17, 15) is 4.39 Å². The third-order valence-corrected chi connectivity index (χ3v) is 3.79. The van der Waals surface area contributed by atoms with E-state index in [1.807, 2.05) is 24.3 Å². The lowest BCUT2D eigenvalue weighted by atomic mass is 10.1. The van der Waals surface area contributed by atoms with Gasteiger partial charge in [0.2, 0.25) is 0 Å². The fourth-order valence-electron chi connectivity index (χ4n) is 1.75. The van der Waals surface area contributed by atoms with Crippen molar-refractivity contribution in [3.05, 3.63) is 66.0 Å². The van der Waals surface area contributed by atoms with E-state index >= 15 is 0 Å². The van der Waals surface area contributed by atoms with Crippen LogP contribution in [0, 0.1) is 5.82 Å². The number of nitrogens with two attached hydrogens (primary N) is 1. The van der Waals surface area contributed by atoms with Gasteiger partial charge in [-0.15, -0.1) is 11.8 Å². The Labute approximate surface area is 111 Å². The van der Waals surface area contributed by atoms with Crippen LogP contribution in [0.3, 0.4) is 0 Å². The molecule has 0 fully saturated rings. The van der Waals surface area contributed by atoms with E-state index < -0.39 is 0 Å². The predicted octanol–water partition coefficient (Wildman–Crippen LogP) is 3.49. The van der Waals surface area contributed by atoms with Crippen molar-refractivity contribution in [1.29, 1.82) is 0 Å². The average molecular weight is 261 g/mol. The van der Waals surface area contributed by atoms with Crippen molar-refractivity contribution in [2.75, 3.05) is 5.75 Å². The van der Waals surface area contributed by atoms with Crippen molar-refractivity contribution >= 4 is 11.8 Å². The van der Waals surface area contributed by atoms with Crippen LogP contribution in [0.2, 0.25) is 0 Å². The summed E-state index contributed by atoms with van der Waals surface area (Å²) in [6.07, 6.45) is 0.706. The molecular weight excluding hydrogens is 245 g/mol. The molecule has 2 aromatic carbocycles. The van der Waals surface area contributed by atoms with Crippen molar-refractivity contribution in [3.63, 3.8) is 0 Å². The molecule has 0 aromatic heterocycles. The van der Waals surface area contributed by atoms with Crippen molar-refractivity contribution in [1.82, 2.24) is 0 Å². The van der Waals surface area contributed by atoms with Gasteiger partial charge in [0.1, 0.15) is 5.82 Å². The SMILES string of the molecule is NC(CSc1ccccc1)Cc1cccc(F)c1. The predicted molar refractivity (Wildman–Crippen MR) is 75.2 cm³/mol. The summed E-state index contributed by atoms with van der Waals surface area (Å²) in [5, 5.41) is 0. The molecule has 18 heavy (non-hydrogen) atoms. The zero-order chi connectivity index (χ0) is 12.8. The van der Waals surface area contributed by atoms with Gasteiger partial charge in [-0.1, -0.05) is 30.3 Å². The molecule has 1 atom stereocenters. The van der Waals surface area contributed by atoms with Crippen LogP contribution >= 0.6 is 11.8 Å². The minimum atomic E-state index is -0.199. The van der Waals surface area contributed by atoms with E-state index in [1.54, 1.807) is 23.9 Å². The average Bonchev–Trinajstić information content (AvgIpc) is 2.38. The largest absolute Gasteiger partial charge is 0.327 e. The van der Waals surface area contributed by atoms with Gasteiger partial charge in [0, 0.05) is 16.7 Å². The van der Waals surface area contributed by atoms with Crippen molar-refractivity contribution < 1.29 is 4.39 Å². The van der Waals surface area contributed by atoms with Crippen LogP contribution in [0.1, 0.15) is 5.56 Å². The molecule has 0 saturated carbocycles. The smallest absolute Gasteiger partial charge is 0.123 e. The Balaban J connectivity index is 1.84. The molecule has 2 aromatic rings. The van der Waals surface area contributed by atoms with E-state index in [0.717, 1.165) is 11.3 Å². The molecule has 1 nitrogen and oxygen atoms in total. The van der Waals surface area contributed by atoms with E-state index in [2.05, 4.69) is 12.1 Å². The molecule has 0 aliphatic rings. The normalized spacial score (nSPS) is 12.3. The van der Waals surface area contributed by atoms with E-state index in [4.69, 9.17) is 5.73 Å². The van der Waals surface area contributed by atoms with Crippen LogP contribution in [-0.4, -0.2) is 11.8 Å². The van der Waals surface area contributed by atoms with Crippen molar-refractivity contribution in [3.8, 4) is 0 Å². The third-order valence-electron chi connectivity index (χ3n) is 2.59. The summed E-state index contributed by atoms with van der Waals surface area (Å²) in [5.41, 5.74) is 7.02. The van der Waals surface area contributed by atoms with Gasteiger partial charge in [0.25, 0.3) is 0 Å². The Hall–Kier alpha value is -1.32. The Morgan fingerprint density at radius 3 is 2.56 bits per heavy atom. The molecule has 0 radical (unpaired) electrons. The van der Waals surface area contributed by atoms with Gasteiger partial charge in [-0.2, -0.15) is 0 Å². The molecule has 2 rings (SSSR count). The summed E-state index contributed by atoms with van der Waals surface area (Å²) in [7, 11) is 0. The van der Waals surface area contributed by atoms with Gasteiger partial charge >= 0.3 is 0 Å². The second-order valence-electron chi connectivity index (χ2n) is 4.22. The van der Waals surface area contributed by atoms with Crippen LogP contribution in [0.4, 0.5) is 4.39 Å². The first-order chi connectivity index (χ1) is 8.74. The summed E-state index contributed by atoms with van der Waals surface area (Å²) in [6.45, 7) is 0. The molecule has 94 valence electrons. The lowest BCUT2D eigenvalue weighted by Gasteiger charge is -2.11. The molecule has 0 aliphatic carbocycles. The molecule has 0 heterocycles. The number of rotatable bonds is 5. The fourth-order valence-corrected chi connectivity index (χ4v) is 2.62. The Kier molecular flexibility index (Phi) is 4.79. The van der Waals surface area contributed by atoms with Crippen LogP contribution < -0.4 is 5.73 Å². The van der Waals surface area contributed by atoms with Crippen LogP contribution in [-0.2, 0) is 6.42 Å². The fraction of sp³-hybridized carbons (Fsp3) is 0.200. The van der Waals surface area contributed by atoms with Crippen LogP contribution in [0.5, 0.6) is 0 Å². The maximum absolute atomic E-state index is 13.0. The third kappa shape index (κ3) is 4.17. The zero-order valence-electron chi connectivity index (χ0n) is 10.1. The van der Waals surface area contributed by atoms with Gasteiger partial charge in [-0.25, -0.2) is 4.39 Å². The summed E-state index contributed by atoms with van der Waals surface area (Å²) in [5.74, 6) is 0.635. The Bertz CT molecular complexity index is 487. The highest BCUT2D eigenvalue weighted by molar-refractivity contribution is 7.99. The highest BCUT2D eigenvalue weighted by Gasteiger charge is 2.05.